The third-order valence-electron chi connectivity index (χ3n) is 5.69. The van der Waals surface area contributed by atoms with Crippen LogP contribution in [0.3, 0.4) is 0 Å². The van der Waals surface area contributed by atoms with Crippen LogP contribution in [0.15, 0.2) is 72.8 Å². The normalized spacial score (nSPS) is 13.2. The third kappa shape index (κ3) is 4.77. The van der Waals surface area contributed by atoms with Crippen molar-refractivity contribution in [2.75, 3.05) is 6.61 Å². The molecule has 1 aliphatic carbocycles. The molecule has 0 fully saturated rings. The number of fused-ring (bicyclic) bond motifs is 3. The standard InChI is InChI=1S/C26H25NO4/c1-17-10-12-18(13-11-17)14-19(15-25(28)29)27-26(30)31-16-24-22-8-4-2-6-20(22)21-7-3-5-9-23(21)24/h2-13,19,24H,14-16H2,1H3,(H,27,30)(H,28,29). The van der Waals surface area contributed by atoms with Gasteiger partial charge in [-0.15, -0.1) is 0 Å². The van der Waals surface area contributed by atoms with Gasteiger partial charge in [0.2, 0.25) is 0 Å². The summed E-state index contributed by atoms with van der Waals surface area (Å²) in [4.78, 5) is 23.8. The van der Waals surface area contributed by atoms with Crippen molar-refractivity contribution in [2.24, 2.45) is 0 Å². The van der Waals surface area contributed by atoms with E-state index >= 15 is 0 Å². The SMILES string of the molecule is Cc1ccc(CC(CC(=O)O)NC(=O)OCC2c3ccccc3-c3ccccc32)cc1. The Kier molecular flexibility index (Phi) is 6.03. The second-order valence-corrected chi connectivity index (χ2v) is 7.95. The number of alkyl carbamates (subject to hydrolysis) is 1. The first kappa shape index (κ1) is 20.7. The van der Waals surface area contributed by atoms with Crippen LogP contribution < -0.4 is 5.32 Å². The molecular formula is C26H25NO4. The highest BCUT2D eigenvalue weighted by Crippen LogP contribution is 2.44. The lowest BCUT2D eigenvalue weighted by Gasteiger charge is -2.19. The number of hydrogen-bond donors (Lipinski definition) is 2. The molecule has 0 heterocycles. The van der Waals surface area contributed by atoms with Crippen molar-refractivity contribution in [3.05, 3.63) is 95.1 Å². The molecule has 31 heavy (non-hydrogen) atoms. The number of nitrogens with one attached hydrogen (secondary N) is 1. The summed E-state index contributed by atoms with van der Waals surface area (Å²) < 4.78 is 5.57. The first-order valence-corrected chi connectivity index (χ1v) is 10.4. The largest absolute Gasteiger partial charge is 0.481 e. The Bertz CT molecular complexity index is 1050. The topological polar surface area (TPSA) is 75.6 Å². The number of carboxylic acids is 1. The first-order chi connectivity index (χ1) is 15.0. The fourth-order valence-corrected chi connectivity index (χ4v) is 4.20. The van der Waals surface area contributed by atoms with Gasteiger partial charge in [-0.25, -0.2) is 4.79 Å². The lowest BCUT2D eigenvalue weighted by Crippen LogP contribution is -2.39. The molecule has 158 valence electrons. The number of hydrogen-bond acceptors (Lipinski definition) is 3. The van der Waals surface area contributed by atoms with Crippen molar-refractivity contribution in [3.63, 3.8) is 0 Å². The Labute approximate surface area is 181 Å². The quantitative estimate of drug-likeness (QED) is 0.574. The molecule has 0 saturated carbocycles. The number of carbonyl (C=O) groups excluding carboxylic acids is 1. The first-order valence-electron chi connectivity index (χ1n) is 10.4. The molecule has 0 spiro atoms. The molecule has 3 aromatic rings. The fraction of sp³-hybridized carbons (Fsp3) is 0.231. The van der Waals surface area contributed by atoms with Gasteiger partial charge in [0.15, 0.2) is 0 Å². The van der Waals surface area contributed by atoms with E-state index in [2.05, 4.69) is 29.6 Å². The maximum absolute atomic E-state index is 12.5. The van der Waals surface area contributed by atoms with Crippen molar-refractivity contribution in [3.8, 4) is 11.1 Å². The van der Waals surface area contributed by atoms with Crippen molar-refractivity contribution in [1.29, 1.82) is 0 Å². The minimum atomic E-state index is -0.962. The van der Waals surface area contributed by atoms with Gasteiger partial charge in [0, 0.05) is 12.0 Å². The minimum Gasteiger partial charge on any atom is -0.481 e. The molecule has 3 aromatic carbocycles. The fourth-order valence-electron chi connectivity index (χ4n) is 4.20. The van der Waals surface area contributed by atoms with Gasteiger partial charge >= 0.3 is 12.1 Å². The summed E-state index contributed by atoms with van der Waals surface area (Å²) in [6.45, 7) is 2.19. The number of aryl methyl sites for hydroxylation is 1. The van der Waals surface area contributed by atoms with Crippen LogP contribution in [0.25, 0.3) is 11.1 Å². The molecule has 5 nitrogen and oxygen atoms in total. The van der Waals surface area contributed by atoms with E-state index in [1.165, 1.54) is 0 Å². The summed E-state index contributed by atoms with van der Waals surface area (Å²) in [7, 11) is 0. The maximum Gasteiger partial charge on any atom is 0.407 e. The van der Waals surface area contributed by atoms with E-state index in [9.17, 15) is 14.7 Å². The zero-order valence-corrected chi connectivity index (χ0v) is 17.4. The molecule has 1 unspecified atom stereocenters. The van der Waals surface area contributed by atoms with Gasteiger partial charge in [0.1, 0.15) is 6.61 Å². The zero-order chi connectivity index (χ0) is 21.8. The minimum absolute atomic E-state index is 0.0341. The summed E-state index contributed by atoms with van der Waals surface area (Å²) in [6.07, 6.45) is -0.338. The molecule has 5 heteroatoms. The lowest BCUT2D eigenvalue weighted by molar-refractivity contribution is -0.137. The van der Waals surface area contributed by atoms with Gasteiger partial charge in [0.05, 0.1) is 6.42 Å². The van der Waals surface area contributed by atoms with Crippen molar-refractivity contribution in [1.82, 2.24) is 5.32 Å². The van der Waals surface area contributed by atoms with Crippen LogP contribution in [0.1, 0.15) is 34.6 Å². The maximum atomic E-state index is 12.5. The van der Waals surface area contributed by atoms with Gasteiger partial charge < -0.3 is 15.2 Å². The summed E-state index contributed by atoms with van der Waals surface area (Å²) in [5.41, 5.74) is 6.70. The predicted molar refractivity (Wildman–Crippen MR) is 119 cm³/mol. The average Bonchev–Trinajstić information content (AvgIpc) is 3.07. The van der Waals surface area contributed by atoms with E-state index < -0.39 is 18.1 Å². The number of aliphatic carboxylic acids is 1. The van der Waals surface area contributed by atoms with Crippen LogP contribution in [0.4, 0.5) is 4.79 Å². The second-order valence-electron chi connectivity index (χ2n) is 7.95. The van der Waals surface area contributed by atoms with Gasteiger partial charge in [-0.1, -0.05) is 78.4 Å². The van der Waals surface area contributed by atoms with Crippen LogP contribution in [-0.4, -0.2) is 29.8 Å². The van der Waals surface area contributed by atoms with E-state index in [-0.39, 0.29) is 18.9 Å². The Morgan fingerprint density at radius 3 is 2.10 bits per heavy atom. The number of rotatable bonds is 7. The highest BCUT2D eigenvalue weighted by Gasteiger charge is 2.29. The van der Waals surface area contributed by atoms with Crippen LogP contribution in [-0.2, 0) is 16.0 Å². The van der Waals surface area contributed by atoms with Crippen molar-refractivity contribution in [2.45, 2.75) is 31.7 Å². The van der Waals surface area contributed by atoms with E-state index in [1.54, 1.807) is 0 Å². The summed E-state index contributed by atoms with van der Waals surface area (Å²) >= 11 is 0. The van der Waals surface area contributed by atoms with E-state index in [1.807, 2.05) is 55.5 Å². The van der Waals surface area contributed by atoms with Crippen molar-refractivity contribution < 1.29 is 19.4 Å². The molecule has 1 atom stereocenters. The number of carbonyl (C=O) groups is 2. The van der Waals surface area contributed by atoms with Gasteiger partial charge in [0.25, 0.3) is 0 Å². The Morgan fingerprint density at radius 1 is 0.935 bits per heavy atom. The zero-order valence-electron chi connectivity index (χ0n) is 17.4. The number of amides is 1. The van der Waals surface area contributed by atoms with Crippen LogP contribution in [0.5, 0.6) is 0 Å². The van der Waals surface area contributed by atoms with Gasteiger partial charge in [-0.05, 0) is 41.2 Å². The molecule has 0 bridgehead atoms. The number of carboxylic acid groups (broad SMARTS) is 1. The number of benzene rings is 3. The third-order valence-corrected chi connectivity index (χ3v) is 5.69. The van der Waals surface area contributed by atoms with Gasteiger partial charge in [-0.2, -0.15) is 0 Å². The van der Waals surface area contributed by atoms with Crippen LogP contribution in [0.2, 0.25) is 0 Å². The second kappa shape index (κ2) is 9.04. The van der Waals surface area contributed by atoms with Crippen LogP contribution in [0, 0.1) is 6.92 Å². The molecule has 4 rings (SSSR count). The monoisotopic (exact) mass is 415 g/mol. The Hall–Kier alpha value is -3.60. The Balaban J connectivity index is 1.42. The highest BCUT2D eigenvalue weighted by molar-refractivity contribution is 5.79. The molecule has 1 amide bonds. The molecule has 0 radical (unpaired) electrons. The Morgan fingerprint density at radius 2 is 1.52 bits per heavy atom. The molecule has 1 aliphatic rings. The van der Waals surface area contributed by atoms with Gasteiger partial charge in [-0.3, -0.25) is 4.79 Å². The molecule has 2 N–H and O–H groups in total. The predicted octanol–water partition coefficient (Wildman–Crippen LogP) is 4.92. The van der Waals surface area contributed by atoms with E-state index in [0.717, 1.165) is 33.4 Å². The van der Waals surface area contributed by atoms with E-state index in [4.69, 9.17) is 4.74 Å². The van der Waals surface area contributed by atoms with Crippen LogP contribution >= 0.6 is 0 Å². The number of ether oxygens (including phenoxy) is 1. The molecular weight excluding hydrogens is 390 g/mol. The lowest BCUT2D eigenvalue weighted by atomic mass is 9.98. The van der Waals surface area contributed by atoms with Crippen molar-refractivity contribution >= 4 is 12.1 Å². The molecule has 0 saturated heterocycles. The average molecular weight is 415 g/mol. The highest BCUT2D eigenvalue weighted by atomic mass is 16.5. The summed E-state index contributed by atoms with van der Waals surface area (Å²) in [5, 5.41) is 12.0. The molecule has 0 aromatic heterocycles. The summed E-state index contributed by atoms with van der Waals surface area (Å²) in [5.74, 6) is -0.996. The smallest absolute Gasteiger partial charge is 0.407 e. The van der Waals surface area contributed by atoms with E-state index in [0.29, 0.717) is 6.42 Å². The molecule has 0 aliphatic heterocycles. The summed E-state index contributed by atoms with van der Waals surface area (Å²) in [6, 6.07) is 23.6.